The van der Waals surface area contributed by atoms with Crippen molar-refractivity contribution in [1.29, 1.82) is 0 Å². The molecule has 4 aliphatic rings. The summed E-state index contributed by atoms with van der Waals surface area (Å²) in [5.74, 6) is 6.59. The molecule has 0 aliphatic carbocycles. The van der Waals surface area contributed by atoms with Crippen LogP contribution in [-0.2, 0) is 77.3 Å². The number of carbonyl (C=O) groups excluding carboxylic acids is 1. The quantitative estimate of drug-likeness (QED) is 0.0283. The van der Waals surface area contributed by atoms with Crippen LogP contribution >= 0.6 is 34.0 Å². The van der Waals surface area contributed by atoms with E-state index in [1.165, 1.54) is 45.7 Å². The summed E-state index contributed by atoms with van der Waals surface area (Å²) in [6.45, 7) is 28.1. The van der Waals surface area contributed by atoms with Gasteiger partial charge in [-0.25, -0.2) is 19.3 Å². The van der Waals surface area contributed by atoms with Crippen molar-refractivity contribution in [3.63, 3.8) is 0 Å². The van der Waals surface area contributed by atoms with Crippen molar-refractivity contribution >= 4 is 62.7 Å². The molecule has 1 fully saturated rings. The number of anilines is 1. The van der Waals surface area contributed by atoms with E-state index < -0.39 is 0 Å². The number of non-ortho nitro benzene ring substituents is 1. The van der Waals surface area contributed by atoms with Crippen molar-refractivity contribution in [2.24, 2.45) is 0 Å². The van der Waals surface area contributed by atoms with Crippen molar-refractivity contribution < 1.29 is 56.7 Å². The van der Waals surface area contributed by atoms with E-state index >= 15 is 0 Å². The standard InChI is InChI=1S/C35H39N5O4S.C32H35N3O5S.C29H28FN3O3S/c1-25(38-15-17-39(18-16-38)29-10-12-30(13-11-29)40(41)42)31-23-45-34(36-31)22-37(20-26-5-8-28(9-6-26)35(2,3)4)21-27-7-14-32-33(19-27)44-24-43-32;1-22(9-10-23-7-5-4-6-8-23)33-32(36)27-20-41-31(34-27)19-35(17-24-11-14-28-30(15-24)40-21-39-28)18-25-12-13-26(37-2)16-29(25)38-3;1-20(31-14-21-3-8-24(30)9-4-21)26-18-37-29(32-26)17-33(15-22-5-10-25(34-2)11-6-22)16-23-7-12-27-28(13-23)36-19-35-27/h5-14,19,23H,1,15-18,20-22,24H2,2-4H3;4-8,11-16,20,22H,9-10,17-19,21H2,1-3H3,(H,33,36);3-13,18,31H,1,14-17,19H2,2H3. The van der Waals surface area contributed by atoms with Gasteiger partial charge in [-0.2, -0.15) is 0 Å². The first-order chi connectivity index (χ1) is 59.7. The fourth-order valence-corrected chi connectivity index (χ4v) is 17.1. The molecule has 2 N–H and O–H groups in total. The number of benzene rings is 9. The number of carbonyl (C=O) groups is 1. The van der Waals surface area contributed by atoms with Crippen LogP contribution in [0, 0.1) is 15.9 Å². The summed E-state index contributed by atoms with van der Waals surface area (Å²) < 4.78 is 62.8. The monoisotopic (exact) mass is 1720 g/mol. The Morgan fingerprint density at radius 1 is 0.520 bits per heavy atom. The summed E-state index contributed by atoms with van der Waals surface area (Å²) >= 11 is 4.77. The number of aromatic nitrogens is 3. The number of methoxy groups -OCH3 is 3. The summed E-state index contributed by atoms with van der Waals surface area (Å²) in [5, 5.41) is 26.3. The van der Waals surface area contributed by atoms with Crippen LogP contribution in [-0.4, -0.2) is 119 Å². The number of nitrogens with zero attached hydrogens (tertiary/aromatic N) is 9. The second-order valence-electron chi connectivity index (χ2n) is 31.4. The van der Waals surface area contributed by atoms with E-state index in [9.17, 15) is 19.3 Å². The van der Waals surface area contributed by atoms with Gasteiger partial charge in [0.2, 0.25) is 20.4 Å². The Morgan fingerprint density at radius 2 is 0.984 bits per heavy atom. The van der Waals surface area contributed by atoms with Gasteiger partial charge in [0, 0.05) is 124 Å². The molecule has 7 heterocycles. The first-order valence-electron chi connectivity index (χ1n) is 40.7. The molecule has 0 spiro atoms. The molecule has 1 atom stereocenters. The van der Waals surface area contributed by atoms with Gasteiger partial charge in [-0.1, -0.05) is 137 Å². The Labute approximate surface area is 729 Å². The number of rotatable bonds is 34. The Balaban J connectivity index is 0.000000151. The fourth-order valence-electron chi connectivity index (χ4n) is 14.6. The van der Waals surface area contributed by atoms with E-state index in [2.05, 4.69) is 141 Å². The Hall–Kier alpha value is -12.4. The molecule has 123 heavy (non-hydrogen) atoms. The zero-order valence-electron chi connectivity index (χ0n) is 70.2. The predicted octanol–water partition coefficient (Wildman–Crippen LogP) is 18.9. The number of nitro benzene ring substituents is 1. The lowest BCUT2D eigenvalue weighted by molar-refractivity contribution is -0.384. The lowest BCUT2D eigenvalue weighted by atomic mass is 9.87. The Bertz CT molecular complexity index is 5550. The highest BCUT2D eigenvalue weighted by Gasteiger charge is 2.26. The molecule has 27 heteroatoms. The van der Waals surface area contributed by atoms with Gasteiger partial charge < -0.3 is 63.1 Å². The van der Waals surface area contributed by atoms with E-state index in [1.54, 1.807) is 68.3 Å². The first kappa shape index (κ1) is 87.0. The van der Waals surface area contributed by atoms with Gasteiger partial charge in [0.25, 0.3) is 11.6 Å². The maximum absolute atomic E-state index is 13.2. The molecule has 1 unspecified atom stereocenters. The Kier molecular flexibility index (Phi) is 29.3. The van der Waals surface area contributed by atoms with Crippen molar-refractivity contribution in [2.45, 2.75) is 117 Å². The van der Waals surface area contributed by atoms with E-state index in [1.807, 2.05) is 115 Å². The van der Waals surface area contributed by atoms with E-state index in [0.717, 1.165) is 188 Å². The van der Waals surface area contributed by atoms with Crippen molar-refractivity contribution in [1.82, 2.24) is 45.2 Å². The maximum Gasteiger partial charge on any atom is 0.270 e. The third kappa shape index (κ3) is 24.3. The average Bonchev–Trinajstić information content (AvgIpc) is 1.56. The number of nitro groups is 1. The number of piperazine rings is 1. The van der Waals surface area contributed by atoms with E-state index in [-0.39, 0.29) is 54.2 Å². The minimum atomic E-state index is -0.366. The van der Waals surface area contributed by atoms with Crippen LogP contribution in [0.15, 0.2) is 229 Å². The van der Waals surface area contributed by atoms with Crippen molar-refractivity contribution in [3.8, 4) is 51.7 Å². The van der Waals surface area contributed by atoms with Gasteiger partial charge >= 0.3 is 0 Å². The van der Waals surface area contributed by atoms with Crippen molar-refractivity contribution in [3.05, 3.63) is 328 Å². The van der Waals surface area contributed by atoms with Crippen LogP contribution in [0.25, 0.3) is 11.4 Å². The number of nitrogens with one attached hydrogen (secondary N) is 2. The van der Waals surface area contributed by atoms with Gasteiger partial charge in [0.05, 0.1) is 68.7 Å². The largest absolute Gasteiger partial charge is 0.497 e. The number of ether oxygens (including phenoxy) is 9. The third-order valence-corrected chi connectivity index (χ3v) is 23.9. The lowest BCUT2D eigenvalue weighted by Crippen LogP contribution is -2.45. The minimum absolute atomic E-state index is 0.0397. The first-order valence-corrected chi connectivity index (χ1v) is 43.4. The van der Waals surface area contributed by atoms with E-state index in [0.29, 0.717) is 45.0 Å². The number of thiazole rings is 3. The molecule has 0 bridgehead atoms. The van der Waals surface area contributed by atoms with Crippen LogP contribution in [0.1, 0.15) is 121 Å². The minimum Gasteiger partial charge on any atom is -0.497 e. The number of hydrogen-bond acceptors (Lipinski definition) is 24. The lowest BCUT2D eigenvalue weighted by Gasteiger charge is -2.37. The van der Waals surface area contributed by atoms with Gasteiger partial charge in [-0.05, 0) is 149 Å². The molecule has 0 saturated carbocycles. The second kappa shape index (κ2) is 41.5. The summed E-state index contributed by atoms with van der Waals surface area (Å²) in [6.07, 6.45) is 1.77. The molecule has 638 valence electrons. The number of aryl methyl sites for hydroxylation is 1. The van der Waals surface area contributed by atoms with Gasteiger partial charge in [0.15, 0.2) is 34.5 Å². The normalized spacial score (nSPS) is 13.3. The van der Waals surface area contributed by atoms with Crippen LogP contribution < -0.4 is 58.2 Å². The van der Waals surface area contributed by atoms with Crippen molar-refractivity contribution in [2.75, 3.05) is 72.8 Å². The molecule has 4 aliphatic heterocycles. The smallest absolute Gasteiger partial charge is 0.270 e. The third-order valence-electron chi connectivity index (χ3n) is 21.4. The zero-order valence-corrected chi connectivity index (χ0v) is 72.7. The topological polar surface area (TPSA) is 222 Å². The average molecular weight is 1720 g/mol. The molecule has 16 rings (SSSR count). The van der Waals surface area contributed by atoms with Crippen LogP contribution in [0.4, 0.5) is 15.8 Å². The summed E-state index contributed by atoms with van der Waals surface area (Å²) in [6, 6.07) is 64.7. The van der Waals surface area contributed by atoms with Gasteiger partial charge in [-0.3, -0.25) is 29.6 Å². The molecule has 0 radical (unpaired) electrons. The molecular formula is C96H102FN11O12S3. The highest BCUT2D eigenvalue weighted by atomic mass is 32.1. The summed E-state index contributed by atoms with van der Waals surface area (Å²) in [7, 11) is 4.97. The second-order valence-corrected chi connectivity index (χ2v) is 34.2. The fraction of sp³-hybridized carbons (Fsp3) is 0.292. The summed E-state index contributed by atoms with van der Waals surface area (Å²) in [5.41, 5.74) is 15.5. The summed E-state index contributed by atoms with van der Waals surface area (Å²) in [4.78, 5) is 49.7. The molecule has 1 saturated heterocycles. The molecule has 12 aromatic rings. The van der Waals surface area contributed by atoms with Gasteiger partial charge in [0.1, 0.15) is 43.8 Å². The Morgan fingerprint density at radius 3 is 1.50 bits per heavy atom. The maximum atomic E-state index is 13.2. The number of fused-ring (bicyclic) bond motifs is 3. The van der Waals surface area contributed by atoms with E-state index in [4.69, 9.17) is 57.6 Å². The zero-order chi connectivity index (χ0) is 85.8. The highest BCUT2D eigenvalue weighted by molar-refractivity contribution is 7.10. The highest BCUT2D eigenvalue weighted by Crippen LogP contribution is 2.38. The van der Waals surface area contributed by atoms with Crippen LogP contribution in [0.3, 0.4) is 0 Å². The van der Waals surface area contributed by atoms with Gasteiger partial charge in [-0.15, -0.1) is 34.0 Å². The number of amides is 1. The SMILES string of the molecule is C=C(NCc1ccc(F)cc1)c1csc(CN(Cc2ccc(OC)cc2)Cc2ccc3c(c2)OCO3)n1.C=C(c1csc(CN(Cc2ccc(C(C)(C)C)cc2)Cc2ccc3c(c2)OCO3)n1)N1CCN(c2ccc([N+](=O)[O-])cc2)CC1.COc1ccc(CN(Cc2ccc3c(c2)OCO3)Cc2nc(C(=O)NC(C)CCc3ccccc3)cs2)c(OC)c1. The number of hydrogen-bond donors (Lipinski definition) is 2. The molecule has 3 aromatic heterocycles. The predicted molar refractivity (Wildman–Crippen MR) is 480 cm³/mol. The van der Waals surface area contributed by atoms with Crippen LogP contribution in [0.5, 0.6) is 51.7 Å². The molecule has 9 aromatic carbocycles. The van der Waals surface area contributed by atoms with Crippen LogP contribution in [0.2, 0.25) is 0 Å². The number of halogens is 1. The molecule has 1 amide bonds. The molecular weight excluding hydrogens is 1610 g/mol. The molecule has 23 nitrogen and oxygen atoms in total.